The standard InChI is InChI=1S/C10H11F3O.C9H9N.C2H6/c1-7(2)8-4-3-5-9(6-8)14-10(11,12)13;1-7-3-4-9(6-10)5-8(7)2;1-2/h3-7H,1-2H3;3-5H,1-2H3;1-2H3. The topological polar surface area (TPSA) is 33.0 Å². The SMILES string of the molecule is CC.CC(C)c1cccc(OC(F)(F)F)c1.Cc1ccc(C#N)cc1C. The maximum absolute atomic E-state index is 11.9. The van der Waals surface area contributed by atoms with Gasteiger partial charge in [-0.05, 0) is 60.7 Å². The van der Waals surface area contributed by atoms with Gasteiger partial charge in [0.15, 0.2) is 0 Å². The minimum Gasteiger partial charge on any atom is -0.406 e. The monoisotopic (exact) mass is 365 g/mol. The maximum Gasteiger partial charge on any atom is 0.573 e. The van der Waals surface area contributed by atoms with Crippen LogP contribution in [0.5, 0.6) is 5.75 Å². The molecule has 2 rings (SSSR count). The van der Waals surface area contributed by atoms with Gasteiger partial charge in [-0.25, -0.2) is 0 Å². The summed E-state index contributed by atoms with van der Waals surface area (Å²) in [7, 11) is 0. The van der Waals surface area contributed by atoms with Gasteiger partial charge in [0.2, 0.25) is 0 Å². The van der Waals surface area contributed by atoms with Crippen LogP contribution in [0.25, 0.3) is 0 Å². The summed E-state index contributed by atoms with van der Waals surface area (Å²) in [5.74, 6) is 0.0236. The molecule has 0 radical (unpaired) electrons. The number of aryl methyl sites for hydroxylation is 2. The number of ether oxygens (including phenoxy) is 1. The van der Waals surface area contributed by atoms with E-state index < -0.39 is 6.36 Å². The molecule has 0 saturated carbocycles. The fourth-order valence-corrected chi connectivity index (χ4v) is 1.88. The molecule has 0 spiro atoms. The maximum atomic E-state index is 11.9. The van der Waals surface area contributed by atoms with Crippen LogP contribution in [0.15, 0.2) is 42.5 Å². The molecular weight excluding hydrogens is 339 g/mol. The van der Waals surface area contributed by atoms with Crippen molar-refractivity contribution < 1.29 is 17.9 Å². The molecule has 2 nitrogen and oxygen atoms in total. The molecule has 0 amide bonds. The first-order valence-electron chi connectivity index (χ1n) is 8.45. The van der Waals surface area contributed by atoms with Crippen LogP contribution in [0.4, 0.5) is 13.2 Å². The van der Waals surface area contributed by atoms with Crippen LogP contribution in [0.1, 0.15) is 55.9 Å². The first kappa shape index (κ1) is 23.5. The second-order valence-corrected chi connectivity index (χ2v) is 5.69. The van der Waals surface area contributed by atoms with Crippen molar-refractivity contribution in [2.24, 2.45) is 0 Å². The van der Waals surface area contributed by atoms with Crippen LogP contribution >= 0.6 is 0 Å². The lowest BCUT2D eigenvalue weighted by Crippen LogP contribution is -2.17. The molecular formula is C21H26F3NO. The third-order valence-electron chi connectivity index (χ3n) is 3.39. The number of nitriles is 1. The Morgan fingerprint density at radius 1 is 0.962 bits per heavy atom. The molecule has 0 bridgehead atoms. The molecule has 0 unspecified atom stereocenters. The van der Waals surface area contributed by atoms with Gasteiger partial charge in [0.05, 0.1) is 11.6 Å². The van der Waals surface area contributed by atoms with Crippen LogP contribution in [0, 0.1) is 25.2 Å². The Morgan fingerprint density at radius 2 is 1.58 bits per heavy atom. The fraction of sp³-hybridized carbons (Fsp3) is 0.381. The second-order valence-electron chi connectivity index (χ2n) is 5.69. The highest BCUT2D eigenvalue weighted by Crippen LogP contribution is 2.25. The summed E-state index contributed by atoms with van der Waals surface area (Å²) in [5.41, 5.74) is 3.98. The number of hydrogen-bond donors (Lipinski definition) is 0. The Hall–Kier alpha value is -2.48. The van der Waals surface area contributed by atoms with E-state index in [1.54, 1.807) is 12.1 Å². The quantitative estimate of drug-likeness (QED) is 0.579. The van der Waals surface area contributed by atoms with Crippen molar-refractivity contribution >= 4 is 0 Å². The Balaban J connectivity index is 0.000000458. The second kappa shape index (κ2) is 11.2. The summed E-state index contributed by atoms with van der Waals surface area (Å²) in [6.45, 7) is 11.9. The Morgan fingerprint density at radius 3 is 2.04 bits per heavy atom. The molecule has 0 fully saturated rings. The molecule has 0 atom stereocenters. The van der Waals surface area contributed by atoms with Gasteiger partial charge in [-0.2, -0.15) is 5.26 Å². The van der Waals surface area contributed by atoms with Crippen LogP contribution in [0.3, 0.4) is 0 Å². The van der Waals surface area contributed by atoms with Crippen LogP contribution in [-0.2, 0) is 0 Å². The lowest BCUT2D eigenvalue weighted by atomic mass is 10.0. The minimum absolute atomic E-state index is 0.163. The molecule has 5 heteroatoms. The van der Waals surface area contributed by atoms with Gasteiger partial charge in [0.1, 0.15) is 5.75 Å². The zero-order valence-electron chi connectivity index (χ0n) is 16.1. The van der Waals surface area contributed by atoms with E-state index in [1.807, 2.05) is 59.7 Å². The number of alkyl halides is 3. The smallest absolute Gasteiger partial charge is 0.406 e. The largest absolute Gasteiger partial charge is 0.573 e. The van der Waals surface area contributed by atoms with Gasteiger partial charge in [0, 0.05) is 0 Å². The van der Waals surface area contributed by atoms with E-state index in [0.717, 1.165) is 11.1 Å². The molecule has 0 N–H and O–H groups in total. The highest BCUT2D eigenvalue weighted by molar-refractivity contribution is 5.36. The number of benzene rings is 2. The van der Waals surface area contributed by atoms with Gasteiger partial charge in [-0.15, -0.1) is 13.2 Å². The van der Waals surface area contributed by atoms with E-state index in [0.29, 0.717) is 0 Å². The lowest BCUT2D eigenvalue weighted by Gasteiger charge is -2.11. The summed E-state index contributed by atoms with van der Waals surface area (Å²) >= 11 is 0. The van der Waals surface area contributed by atoms with Crippen LogP contribution < -0.4 is 4.74 Å². The van der Waals surface area contributed by atoms with Gasteiger partial charge in [-0.3, -0.25) is 0 Å². The number of nitrogens with zero attached hydrogens (tertiary/aromatic N) is 1. The number of halogens is 3. The van der Waals surface area contributed by atoms with Gasteiger partial charge < -0.3 is 4.74 Å². The van der Waals surface area contributed by atoms with E-state index in [4.69, 9.17) is 5.26 Å². The Kier molecular flexibility index (Phi) is 10.1. The normalized spacial score (nSPS) is 10.0. The molecule has 0 aliphatic heterocycles. The minimum atomic E-state index is -4.62. The number of rotatable bonds is 2. The molecule has 0 aliphatic rings. The molecule has 0 aromatic heterocycles. The van der Waals surface area contributed by atoms with Crippen molar-refractivity contribution in [3.63, 3.8) is 0 Å². The lowest BCUT2D eigenvalue weighted by molar-refractivity contribution is -0.274. The van der Waals surface area contributed by atoms with Gasteiger partial charge in [-0.1, -0.05) is 45.9 Å². The third kappa shape index (κ3) is 9.12. The third-order valence-corrected chi connectivity index (χ3v) is 3.39. The summed E-state index contributed by atoms with van der Waals surface area (Å²) < 4.78 is 39.3. The summed E-state index contributed by atoms with van der Waals surface area (Å²) in [5, 5.41) is 8.50. The summed E-state index contributed by atoms with van der Waals surface area (Å²) in [6.07, 6.45) is -4.62. The molecule has 0 saturated heterocycles. The summed E-state index contributed by atoms with van der Waals surface area (Å²) in [6, 6.07) is 13.8. The highest BCUT2D eigenvalue weighted by Gasteiger charge is 2.31. The average molecular weight is 365 g/mol. The molecule has 0 aliphatic carbocycles. The molecule has 2 aromatic carbocycles. The first-order valence-corrected chi connectivity index (χ1v) is 8.45. The van der Waals surface area contributed by atoms with Gasteiger partial charge in [0.25, 0.3) is 0 Å². The molecule has 142 valence electrons. The summed E-state index contributed by atoms with van der Waals surface area (Å²) in [4.78, 5) is 0. The van der Waals surface area contributed by atoms with Crippen molar-refractivity contribution in [2.45, 2.75) is 53.8 Å². The average Bonchev–Trinajstić information content (AvgIpc) is 2.58. The highest BCUT2D eigenvalue weighted by atomic mass is 19.4. The van der Waals surface area contributed by atoms with E-state index in [9.17, 15) is 13.2 Å². The van der Waals surface area contributed by atoms with Crippen LogP contribution in [0.2, 0.25) is 0 Å². The zero-order valence-corrected chi connectivity index (χ0v) is 16.1. The van der Waals surface area contributed by atoms with E-state index in [2.05, 4.69) is 10.8 Å². The van der Waals surface area contributed by atoms with Crippen molar-refractivity contribution in [3.8, 4) is 11.8 Å². The van der Waals surface area contributed by atoms with E-state index in [1.165, 1.54) is 23.3 Å². The van der Waals surface area contributed by atoms with E-state index in [-0.39, 0.29) is 11.7 Å². The predicted octanol–water partition coefficient (Wildman–Crippen LogP) is 6.91. The number of hydrogen-bond acceptors (Lipinski definition) is 2. The van der Waals surface area contributed by atoms with Gasteiger partial charge >= 0.3 is 6.36 Å². The fourth-order valence-electron chi connectivity index (χ4n) is 1.88. The Bertz CT molecular complexity index is 716. The van der Waals surface area contributed by atoms with Crippen LogP contribution in [-0.4, -0.2) is 6.36 Å². The molecule has 26 heavy (non-hydrogen) atoms. The predicted molar refractivity (Wildman–Crippen MR) is 99.2 cm³/mol. The first-order chi connectivity index (χ1) is 12.1. The van der Waals surface area contributed by atoms with Crippen molar-refractivity contribution in [2.75, 3.05) is 0 Å². The zero-order chi connectivity index (χ0) is 20.3. The van der Waals surface area contributed by atoms with Crippen molar-refractivity contribution in [1.29, 1.82) is 5.26 Å². The van der Waals surface area contributed by atoms with E-state index >= 15 is 0 Å². The Labute approximate surface area is 154 Å². The van der Waals surface area contributed by atoms with Crippen molar-refractivity contribution in [1.82, 2.24) is 0 Å². The molecule has 0 heterocycles. The van der Waals surface area contributed by atoms with Crippen molar-refractivity contribution in [3.05, 3.63) is 64.7 Å². The molecule has 2 aromatic rings.